The second-order valence-corrected chi connectivity index (χ2v) is 5.82. The molecule has 0 atom stereocenters. The van der Waals surface area contributed by atoms with Crippen molar-refractivity contribution < 1.29 is 4.79 Å². The van der Waals surface area contributed by atoms with E-state index < -0.39 is 0 Å². The molecule has 0 saturated carbocycles. The number of nitrogens with one attached hydrogen (secondary N) is 1. The highest BCUT2D eigenvalue weighted by molar-refractivity contribution is 9.10. The van der Waals surface area contributed by atoms with Crippen LogP contribution in [0.25, 0.3) is 0 Å². The number of hydrogen-bond acceptors (Lipinski definition) is 2. The van der Waals surface area contributed by atoms with Gasteiger partial charge in [-0.2, -0.15) is 0 Å². The lowest BCUT2D eigenvalue weighted by molar-refractivity contribution is 0.154. The third kappa shape index (κ3) is 4.51. The fraction of sp³-hybridized carbons (Fsp3) is 0.500. The molecule has 0 radical (unpaired) electrons. The third-order valence-corrected chi connectivity index (χ3v) is 3.86. The number of benzene rings is 1. The van der Waals surface area contributed by atoms with E-state index in [1.807, 2.05) is 17.0 Å². The number of likely N-dealkylation sites (N-methyl/N-ethyl adjacent to an activating group) is 1. The highest BCUT2D eigenvalue weighted by atomic mass is 79.9. The molecule has 1 fully saturated rings. The molecule has 2 rings (SSSR count). The Bertz CT molecular complexity index is 430. The number of halogens is 1. The van der Waals surface area contributed by atoms with Crippen molar-refractivity contribution in [3.63, 3.8) is 0 Å². The van der Waals surface area contributed by atoms with Crippen molar-refractivity contribution in [3.05, 3.63) is 34.3 Å². The van der Waals surface area contributed by atoms with Gasteiger partial charge in [0.25, 0.3) is 0 Å². The van der Waals surface area contributed by atoms with Crippen molar-refractivity contribution in [1.82, 2.24) is 15.1 Å². The standard InChI is InChI=1S/C14H20BrN3O/c1-17-7-9-18(10-8-17)14(19)16-6-5-12-3-2-4-13(15)11-12/h2-4,11H,5-10H2,1H3,(H,16,19). The van der Waals surface area contributed by atoms with Crippen LogP contribution in [0.2, 0.25) is 0 Å². The zero-order valence-electron chi connectivity index (χ0n) is 11.2. The summed E-state index contributed by atoms with van der Waals surface area (Å²) in [5.41, 5.74) is 1.23. The van der Waals surface area contributed by atoms with Crippen LogP contribution in [0.1, 0.15) is 5.56 Å². The fourth-order valence-electron chi connectivity index (χ4n) is 2.13. The number of carbonyl (C=O) groups is 1. The van der Waals surface area contributed by atoms with Gasteiger partial charge in [-0.1, -0.05) is 28.1 Å². The topological polar surface area (TPSA) is 35.6 Å². The van der Waals surface area contributed by atoms with Gasteiger partial charge in [-0.15, -0.1) is 0 Å². The number of carbonyl (C=O) groups excluding carboxylic acids is 1. The molecule has 1 saturated heterocycles. The van der Waals surface area contributed by atoms with Gasteiger partial charge < -0.3 is 15.1 Å². The summed E-state index contributed by atoms with van der Waals surface area (Å²) in [6.45, 7) is 4.23. The fourth-order valence-corrected chi connectivity index (χ4v) is 2.57. The molecule has 0 unspecified atom stereocenters. The van der Waals surface area contributed by atoms with E-state index in [0.717, 1.165) is 37.1 Å². The van der Waals surface area contributed by atoms with Crippen molar-refractivity contribution in [2.75, 3.05) is 39.8 Å². The molecule has 0 spiro atoms. The minimum Gasteiger partial charge on any atom is -0.338 e. The molecule has 1 aromatic rings. The van der Waals surface area contributed by atoms with Gasteiger partial charge in [0, 0.05) is 37.2 Å². The normalized spacial score (nSPS) is 16.4. The maximum atomic E-state index is 11.9. The summed E-state index contributed by atoms with van der Waals surface area (Å²) in [5, 5.41) is 2.99. The monoisotopic (exact) mass is 325 g/mol. The molecule has 0 aromatic heterocycles. The van der Waals surface area contributed by atoms with Gasteiger partial charge in [-0.05, 0) is 31.2 Å². The summed E-state index contributed by atoms with van der Waals surface area (Å²) in [5.74, 6) is 0. The van der Waals surface area contributed by atoms with Crippen LogP contribution in [0, 0.1) is 0 Å². The van der Waals surface area contributed by atoms with Crippen molar-refractivity contribution in [1.29, 1.82) is 0 Å². The summed E-state index contributed by atoms with van der Waals surface area (Å²) in [7, 11) is 2.09. The molecule has 104 valence electrons. The first-order valence-corrected chi connectivity index (χ1v) is 7.40. The Morgan fingerprint density at radius 2 is 2.05 bits per heavy atom. The van der Waals surface area contributed by atoms with E-state index in [2.05, 4.69) is 45.3 Å². The first-order chi connectivity index (χ1) is 9.15. The van der Waals surface area contributed by atoms with E-state index in [1.165, 1.54) is 5.56 Å². The maximum absolute atomic E-state index is 11.9. The molecule has 1 aliphatic heterocycles. The quantitative estimate of drug-likeness (QED) is 0.922. The second-order valence-electron chi connectivity index (χ2n) is 4.90. The third-order valence-electron chi connectivity index (χ3n) is 3.37. The molecular weight excluding hydrogens is 306 g/mol. The minimum atomic E-state index is 0.0584. The first-order valence-electron chi connectivity index (χ1n) is 6.61. The van der Waals surface area contributed by atoms with E-state index in [1.54, 1.807) is 0 Å². The summed E-state index contributed by atoms with van der Waals surface area (Å²) in [6, 6.07) is 8.24. The molecule has 1 aliphatic rings. The summed E-state index contributed by atoms with van der Waals surface area (Å²) >= 11 is 3.45. The Morgan fingerprint density at radius 3 is 2.74 bits per heavy atom. The number of rotatable bonds is 3. The molecule has 4 nitrogen and oxygen atoms in total. The summed E-state index contributed by atoms with van der Waals surface area (Å²) in [4.78, 5) is 16.1. The van der Waals surface area contributed by atoms with Gasteiger partial charge in [0.15, 0.2) is 0 Å². The molecular formula is C14H20BrN3O. The molecule has 1 heterocycles. The van der Waals surface area contributed by atoms with Gasteiger partial charge in [-0.25, -0.2) is 4.79 Å². The van der Waals surface area contributed by atoms with E-state index in [9.17, 15) is 4.79 Å². The highest BCUT2D eigenvalue weighted by Gasteiger charge is 2.18. The summed E-state index contributed by atoms with van der Waals surface area (Å²) in [6.07, 6.45) is 0.860. The van der Waals surface area contributed by atoms with Gasteiger partial charge in [-0.3, -0.25) is 0 Å². The van der Waals surface area contributed by atoms with Crippen molar-refractivity contribution >= 4 is 22.0 Å². The Balaban J connectivity index is 1.72. The van der Waals surface area contributed by atoms with Gasteiger partial charge in [0.2, 0.25) is 0 Å². The van der Waals surface area contributed by atoms with Crippen LogP contribution in [-0.4, -0.2) is 55.6 Å². The predicted octanol–water partition coefficient (Wildman–Crippen LogP) is 1.95. The van der Waals surface area contributed by atoms with Crippen molar-refractivity contribution in [3.8, 4) is 0 Å². The van der Waals surface area contributed by atoms with E-state index in [0.29, 0.717) is 6.54 Å². The lowest BCUT2D eigenvalue weighted by Gasteiger charge is -2.32. The first kappa shape index (κ1) is 14.3. The zero-order chi connectivity index (χ0) is 13.7. The van der Waals surface area contributed by atoms with Crippen LogP contribution in [0.15, 0.2) is 28.7 Å². The molecule has 2 amide bonds. The van der Waals surface area contributed by atoms with Crippen LogP contribution < -0.4 is 5.32 Å². The van der Waals surface area contributed by atoms with Gasteiger partial charge >= 0.3 is 6.03 Å². The maximum Gasteiger partial charge on any atom is 0.317 e. The molecule has 1 N–H and O–H groups in total. The number of urea groups is 1. The Kier molecular flexibility index (Phi) is 5.22. The van der Waals surface area contributed by atoms with Gasteiger partial charge in [0.05, 0.1) is 0 Å². The Labute approximate surface area is 122 Å². The Hall–Kier alpha value is -1.07. The number of piperazine rings is 1. The molecule has 5 heteroatoms. The predicted molar refractivity (Wildman–Crippen MR) is 80.3 cm³/mol. The van der Waals surface area contributed by atoms with E-state index in [4.69, 9.17) is 0 Å². The van der Waals surface area contributed by atoms with Crippen LogP contribution in [0.4, 0.5) is 4.79 Å². The average molecular weight is 326 g/mol. The van der Waals surface area contributed by atoms with Gasteiger partial charge in [0.1, 0.15) is 0 Å². The largest absolute Gasteiger partial charge is 0.338 e. The minimum absolute atomic E-state index is 0.0584. The zero-order valence-corrected chi connectivity index (χ0v) is 12.8. The van der Waals surface area contributed by atoms with Crippen LogP contribution in [0.3, 0.4) is 0 Å². The van der Waals surface area contributed by atoms with Crippen LogP contribution >= 0.6 is 15.9 Å². The van der Waals surface area contributed by atoms with Crippen LogP contribution in [0.5, 0.6) is 0 Å². The van der Waals surface area contributed by atoms with Crippen molar-refractivity contribution in [2.45, 2.75) is 6.42 Å². The lowest BCUT2D eigenvalue weighted by Crippen LogP contribution is -2.50. The number of amides is 2. The van der Waals surface area contributed by atoms with Crippen LogP contribution in [-0.2, 0) is 6.42 Å². The smallest absolute Gasteiger partial charge is 0.317 e. The molecule has 1 aromatic carbocycles. The van der Waals surface area contributed by atoms with E-state index >= 15 is 0 Å². The summed E-state index contributed by atoms with van der Waals surface area (Å²) < 4.78 is 1.08. The van der Waals surface area contributed by atoms with E-state index in [-0.39, 0.29) is 6.03 Å². The average Bonchev–Trinajstić information content (AvgIpc) is 2.39. The SMILES string of the molecule is CN1CCN(C(=O)NCCc2cccc(Br)c2)CC1. The Morgan fingerprint density at radius 1 is 1.32 bits per heavy atom. The van der Waals surface area contributed by atoms with Crippen molar-refractivity contribution in [2.24, 2.45) is 0 Å². The molecule has 19 heavy (non-hydrogen) atoms. The second kappa shape index (κ2) is 6.91. The lowest BCUT2D eigenvalue weighted by atomic mass is 10.1. The molecule has 0 aliphatic carbocycles. The highest BCUT2D eigenvalue weighted by Crippen LogP contribution is 2.11. The molecule has 0 bridgehead atoms. The number of nitrogens with zero attached hydrogens (tertiary/aromatic N) is 2. The number of hydrogen-bond donors (Lipinski definition) is 1.